The van der Waals surface area contributed by atoms with Crippen molar-refractivity contribution in [2.75, 3.05) is 5.32 Å². The minimum absolute atomic E-state index is 0.362. The number of aromatic nitrogens is 2. The van der Waals surface area contributed by atoms with Gasteiger partial charge in [0.1, 0.15) is 6.33 Å². The van der Waals surface area contributed by atoms with E-state index in [-0.39, 0.29) is 0 Å². The smallest absolute Gasteiger partial charge is 0.202 e. The molecule has 11 heavy (non-hydrogen) atoms. The van der Waals surface area contributed by atoms with Crippen LogP contribution < -0.4 is 5.32 Å². The van der Waals surface area contributed by atoms with Gasteiger partial charge in [0.25, 0.3) is 0 Å². The molecule has 0 unspecified atom stereocenters. The molecule has 1 aliphatic carbocycles. The van der Waals surface area contributed by atoms with E-state index >= 15 is 0 Å². The second-order valence-electron chi connectivity index (χ2n) is 2.66. The van der Waals surface area contributed by atoms with Crippen LogP contribution in [0.4, 0.5) is 5.13 Å². The Balaban J connectivity index is 1.84. The first-order valence-corrected chi connectivity index (χ1v) is 4.73. The fraction of sp³-hybridized carbons (Fsp3) is 0.667. The second-order valence-corrected chi connectivity index (χ2v) is 4.05. The van der Waals surface area contributed by atoms with Gasteiger partial charge in [0.2, 0.25) is 5.13 Å². The Morgan fingerprint density at radius 3 is 3.00 bits per heavy atom. The number of alkyl halides is 1. The van der Waals surface area contributed by atoms with Crippen molar-refractivity contribution >= 4 is 28.3 Å². The summed E-state index contributed by atoms with van der Waals surface area (Å²) in [7, 11) is 0. The zero-order valence-electron chi connectivity index (χ0n) is 5.83. The van der Waals surface area contributed by atoms with Gasteiger partial charge in [-0.2, -0.15) is 4.37 Å². The van der Waals surface area contributed by atoms with Crippen LogP contribution in [0.3, 0.4) is 0 Å². The molecule has 0 bridgehead atoms. The molecule has 0 saturated heterocycles. The van der Waals surface area contributed by atoms with Gasteiger partial charge in [0.05, 0.1) is 0 Å². The molecule has 1 aliphatic rings. The van der Waals surface area contributed by atoms with Crippen molar-refractivity contribution in [3.63, 3.8) is 0 Å². The van der Waals surface area contributed by atoms with E-state index in [4.69, 9.17) is 11.6 Å². The molecular formula is C6H8ClN3S. The molecule has 1 aromatic rings. The Morgan fingerprint density at radius 1 is 1.64 bits per heavy atom. The average Bonchev–Trinajstić information content (AvgIpc) is 2.36. The molecule has 1 saturated carbocycles. The molecule has 0 aromatic carbocycles. The third-order valence-electron chi connectivity index (χ3n) is 1.77. The molecule has 1 heterocycles. The van der Waals surface area contributed by atoms with Crippen LogP contribution in [0.25, 0.3) is 0 Å². The molecule has 3 nitrogen and oxygen atoms in total. The quantitative estimate of drug-likeness (QED) is 0.720. The van der Waals surface area contributed by atoms with Crippen molar-refractivity contribution in [2.45, 2.75) is 24.3 Å². The van der Waals surface area contributed by atoms with Crippen LogP contribution in [-0.2, 0) is 0 Å². The van der Waals surface area contributed by atoms with Crippen LogP contribution in [-0.4, -0.2) is 20.8 Å². The highest BCUT2D eigenvalue weighted by atomic mass is 35.5. The fourth-order valence-electron chi connectivity index (χ4n) is 1.08. The minimum atomic E-state index is 0.362. The van der Waals surface area contributed by atoms with Crippen molar-refractivity contribution in [1.82, 2.24) is 9.36 Å². The van der Waals surface area contributed by atoms with Crippen molar-refractivity contribution in [2.24, 2.45) is 0 Å². The molecule has 0 spiro atoms. The van der Waals surface area contributed by atoms with E-state index in [9.17, 15) is 0 Å². The Morgan fingerprint density at radius 2 is 2.45 bits per heavy atom. The lowest BCUT2D eigenvalue weighted by Crippen LogP contribution is -2.35. The monoisotopic (exact) mass is 189 g/mol. The lowest BCUT2D eigenvalue weighted by molar-refractivity contribution is 0.454. The van der Waals surface area contributed by atoms with Gasteiger partial charge in [-0.15, -0.1) is 11.6 Å². The first kappa shape index (κ1) is 7.31. The van der Waals surface area contributed by atoms with Crippen LogP contribution in [0.15, 0.2) is 6.33 Å². The number of hydrogen-bond acceptors (Lipinski definition) is 4. The van der Waals surface area contributed by atoms with Crippen molar-refractivity contribution in [3.05, 3.63) is 6.33 Å². The molecular weight excluding hydrogens is 182 g/mol. The Kier molecular flexibility index (Phi) is 1.96. The van der Waals surface area contributed by atoms with Crippen LogP contribution in [0.5, 0.6) is 0 Å². The second kappa shape index (κ2) is 2.95. The maximum Gasteiger partial charge on any atom is 0.202 e. The van der Waals surface area contributed by atoms with Crippen LogP contribution >= 0.6 is 23.1 Å². The predicted octanol–water partition coefficient (Wildman–Crippen LogP) is 1.72. The van der Waals surface area contributed by atoms with Gasteiger partial charge in [-0.1, -0.05) is 0 Å². The molecule has 2 rings (SSSR count). The first-order chi connectivity index (χ1) is 5.34. The number of anilines is 1. The Labute approximate surface area is 74.0 Å². The molecule has 0 aliphatic heterocycles. The molecule has 1 aromatic heterocycles. The van der Waals surface area contributed by atoms with Gasteiger partial charge in [-0.3, -0.25) is 0 Å². The number of hydrogen-bond donors (Lipinski definition) is 1. The topological polar surface area (TPSA) is 37.8 Å². The highest BCUT2D eigenvalue weighted by Crippen LogP contribution is 2.28. The number of halogens is 1. The summed E-state index contributed by atoms with van der Waals surface area (Å²) in [5.74, 6) is 0. The summed E-state index contributed by atoms with van der Waals surface area (Å²) in [5.41, 5.74) is 0. The van der Waals surface area contributed by atoms with E-state index in [2.05, 4.69) is 14.7 Å². The highest BCUT2D eigenvalue weighted by Gasteiger charge is 2.27. The number of rotatable bonds is 2. The zero-order valence-corrected chi connectivity index (χ0v) is 7.40. The van der Waals surface area contributed by atoms with Gasteiger partial charge < -0.3 is 5.32 Å². The maximum absolute atomic E-state index is 5.81. The molecule has 0 atom stereocenters. The Bertz CT molecular complexity index is 220. The van der Waals surface area contributed by atoms with E-state index in [0.29, 0.717) is 11.4 Å². The third-order valence-corrected chi connectivity index (χ3v) is 2.72. The Hall–Kier alpha value is -0.350. The molecule has 1 fully saturated rings. The molecule has 1 N–H and O–H groups in total. The highest BCUT2D eigenvalue weighted by molar-refractivity contribution is 7.09. The lowest BCUT2D eigenvalue weighted by atomic mass is 9.93. The van der Waals surface area contributed by atoms with Crippen LogP contribution in [0.2, 0.25) is 0 Å². The zero-order chi connectivity index (χ0) is 7.68. The SMILES string of the molecule is ClC1CC(Nc2ncns2)C1. The standard InChI is InChI=1S/C6H8ClN3S/c7-4-1-5(2-4)10-6-8-3-9-11-6/h3-5H,1-2H2,(H,8,9,10). The van der Waals surface area contributed by atoms with Crippen molar-refractivity contribution in [1.29, 1.82) is 0 Å². The van der Waals surface area contributed by atoms with Gasteiger partial charge in [-0.25, -0.2) is 4.98 Å². The first-order valence-electron chi connectivity index (χ1n) is 3.52. The van der Waals surface area contributed by atoms with Gasteiger partial charge in [0, 0.05) is 23.0 Å². The summed E-state index contributed by atoms with van der Waals surface area (Å²) < 4.78 is 3.89. The van der Waals surface area contributed by atoms with Gasteiger partial charge in [0.15, 0.2) is 0 Å². The molecule has 0 radical (unpaired) electrons. The lowest BCUT2D eigenvalue weighted by Gasteiger charge is -2.31. The summed E-state index contributed by atoms with van der Waals surface area (Å²) in [6.45, 7) is 0. The number of nitrogens with zero attached hydrogens (tertiary/aromatic N) is 2. The molecule has 0 amide bonds. The van der Waals surface area contributed by atoms with Gasteiger partial charge >= 0.3 is 0 Å². The van der Waals surface area contributed by atoms with Crippen LogP contribution in [0, 0.1) is 0 Å². The van der Waals surface area contributed by atoms with E-state index in [1.807, 2.05) is 0 Å². The normalized spacial score (nSPS) is 29.5. The minimum Gasteiger partial charge on any atom is -0.357 e. The maximum atomic E-state index is 5.81. The summed E-state index contributed by atoms with van der Waals surface area (Å²) >= 11 is 7.20. The van der Waals surface area contributed by atoms with Gasteiger partial charge in [-0.05, 0) is 12.8 Å². The van der Waals surface area contributed by atoms with E-state index in [0.717, 1.165) is 18.0 Å². The predicted molar refractivity (Wildman–Crippen MR) is 46.2 cm³/mol. The summed E-state index contributed by atoms with van der Waals surface area (Å²) in [4.78, 5) is 4.02. The van der Waals surface area contributed by atoms with Crippen molar-refractivity contribution in [3.8, 4) is 0 Å². The summed E-state index contributed by atoms with van der Waals surface area (Å²) in [6.07, 6.45) is 3.64. The third kappa shape index (κ3) is 1.62. The van der Waals surface area contributed by atoms with Crippen LogP contribution in [0.1, 0.15) is 12.8 Å². The summed E-state index contributed by atoms with van der Waals surface area (Å²) in [5, 5.41) is 4.51. The summed E-state index contributed by atoms with van der Waals surface area (Å²) in [6, 6.07) is 0.519. The van der Waals surface area contributed by atoms with E-state index < -0.39 is 0 Å². The molecule has 5 heteroatoms. The fourth-order valence-corrected chi connectivity index (χ4v) is 2.02. The van der Waals surface area contributed by atoms with E-state index in [1.165, 1.54) is 11.5 Å². The van der Waals surface area contributed by atoms with E-state index in [1.54, 1.807) is 6.33 Å². The van der Waals surface area contributed by atoms with Crippen molar-refractivity contribution < 1.29 is 0 Å². The largest absolute Gasteiger partial charge is 0.357 e. The molecule has 60 valence electrons. The number of nitrogens with one attached hydrogen (secondary N) is 1. The average molecular weight is 190 g/mol.